The second-order valence-corrected chi connectivity index (χ2v) is 3.17. The third-order valence-electron chi connectivity index (χ3n) is 1.83. The van der Waals surface area contributed by atoms with Gasteiger partial charge in [0.05, 0.1) is 16.9 Å². The van der Waals surface area contributed by atoms with Gasteiger partial charge < -0.3 is 5.32 Å². The van der Waals surface area contributed by atoms with Crippen LogP contribution in [-0.2, 0) is 7.05 Å². The summed E-state index contributed by atoms with van der Waals surface area (Å²) in [6, 6.07) is -1.79. The van der Waals surface area contributed by atoms with Gasteiger partial charge in [0.2, 0.25) is 0 Å². The number of aromatic nitrogens is 2. The predicted molar refractivity (Wildman–Crippen MR) is 46.1 cm³/mol. The van der Waals surface area contributed by atoms with Crippen molar-refractivity contribution >= 4 is 11.6 Å². The molecule has 3 nitrogen and oxygen atoms in total. The Labute approximate surface area is 83.8 Å². The Hall–Kier alpha value is -0.750. The van der Waals surface area contributed by atoms with Gasteiger partial charge in [-0.3, -0.25) is 4.68 Å². The molecule has 0 bridgehead atoms. The first-order valence-corrected chi connectivity index (χ1v) is 4.17. The normalized spacial score (nSPS) is 14.4. The van der Waals surface area contributed by atoms with Crippen molar-refractivity contribution in [3.63, 3.8) is 0 Å². The number of hydrogen-bond donors (Lipinski definition) is 1. The highest BCUT2D eigenvalue weighted by atomic mass is 35.5. The molecule has 0 aliphatic heterocycles. The molecule has 1 atom stereocenters. The molecule has 0 amide bonds. The molecule has 1 unspecified atom stereocenters. The van der Waals surface area contributed by atoms with Gasteiger partial charge in [-0.05, 0) is 7.05 Å². The summed E-state index contributed by atoms with van der Waals surface area (Å²) in [7, 11) is 2.64. The van der Waals surface area contributed by atoms with Crippen LogP contribution in [0.4, 0.5) is 13.2 Å². The smallest absolute Gasteiger partial charge is 0.304 e. The molecule has 0 aliphatic carbocycles. The molecule has 0 aliphatic rings. The van der Waals surface area contributed by atoms with E-state index >= 15 is 0 Å². The number of alkyl halides is 3. The number of nitrogens with one attached hydrogen (secondary N) is 1. The van der Waals surface area contributed by atoms with Gasteiger partial charge in [-0.15, -0.1) is 0 Å². The van der Waals surface area contributed by atoms with Crippen LogP contribution in [0.5, 0.6) is 0 Å². The second-order valence-electron chi connectivity index (χ2n) is 2.76. The Morgan fingerprint density at radius 1 is 1.57 bits per heavy atom. The van der Waals surface area contributed by atoms with Crippen LogP contribution < -0.4 is 5.32 Å². The lowest BCUT2D eigenvalue weighted by atomic mass is 10.2. The minimum atomic E-state index is -4.38. The molecule has 0 fully saturated rings. The Balaban J connectivity index is 3.13. The molecule has 0 radical (unpaired) electrons. The van der Waals surface area contributed by atoms with Crippen molar-refractivity contribution in [2.45, 2.75) is 12.2 Å². The molecule has 0 aromatic carbocycles. The highest BCUT2D eigenvalue weighted by molar-refractivity contribution is 6.31. The topological polar surface area (TPSA) is 29.9 Å². The zero-order valence-electron chi connectivity index (χ0n) is 7.56. The van der Waals surface area contributed by atoms with Crippen LogP contribution in [0.25, 0.3) is 0 Å². The summed E-state index contributed by atoms with van der Waals surface area (Å²) >= 11 is 5.60. The second kappa shape index (κ2) is 3.78. The Morgan fingerprint density at radius 3 is 2.43 bits per heavy atom. The van der Waals surface area contributed by atoms with Crippen LogP contribution in [0.2, 0.25) is 5.02 Å². The fourth-order valence-corrected chi connectivity index (χ4v) is 1.48. The first kappa shape index (κ1) is 11.3. The molecule has 0 spiro atoms. The van der Waals surface area contributed by atoms with Crippen LogP contribution in [0.3, 0.4) is 0 Å². The summed E-state index contributed by atoms with van der Waals surface area (Å²) in [6.07, 6.45) is -3.20. The van der Waals surface area contributed by atoms with E-state index in [1.54, 1.807) is 0 Å². The highest BCUT2D eigenvalue weighted by Crippen LogP contribution is 2.35. The summed E-state index contributed by atoms with van der Waals surface area (Å²) in [5.41, 5.74) is -0.0818. The molecule has 1 aromatic heterocycles. The standard InChI is InChI=1S/C7H9ClF3N3/c1-12-6(7(9,10)11)5-4(8)3-13-14(5)2/h3,6,12H,1-2H3. The molecule has 7 heteroatoms. The van der Waals surface area contributed by atoms with E-state index in [9.17, 15) is 13.2 Å². The Kier molecular flexibility index (Phi) is 3.06. The summed E-state index contributed by atoms with van der Waals surface area (Å²) in [6.45, 7) is 0. The Bertz CT molecular complexity index is 301. The molecule has 1 rings (SSSR count). The van der Waals surface area contributed by atoms with Crippen molar-refractivity contribution in [3.05, 3.63) is 16.9 Å². The van der Waals surface area contributed by atoms with Crippen molar-refractivity contribution in [2.75, 3.05) is 7.05 Å². The first-order chi connectivity index (χ1) is 6.38. The third kappa shape index (κ3) is 2.01. The summed E-state index contributed by atoms with van der Waals surface area (Å²) < 4.78 is 38.6. The van der Waals surface area contributed by atoms with Gasteiger partial charge in [0.25, 0.3) is 0 Å². The summed E-state index contributed by atoms with van der Waals surface area (Å²) in [5.74, 6) is 0. The molecule has 1 N–H and O–H groups in total. The summed E-state index contributed by atoms with van der Waals surface area (Å²) in [4.78, 5) is 0. The number of rotatable bonds is 2. The first-order valence-electron chi connectivity index (χ1n) is 3.79. The molecule has 14 heavy (non-hydrogen) atoms. The lowest BCUT2D eigenvalue weighted by Gasteiger charge is -2.20. The fraction of sp³-hybridized carbons (Fsp3) is 0.571. The minimum absolute atomic E-state index is 0.00387. The van der Waals surface area contributed by atoms with E-state index in [-0.39, 0.29) is 10.7 Å². The average molecular weight is 228 g/mol. The lowest BCUT2D eigenvalue weighted by molar-refractivity contribution is -0.157. The van der Waals surface area contributed by atoms with Gasteiger partial charge in [0.15, 0.2) is 0 Å². The quantitative estimate of drug-likeness (QED) is 0.836. The van der Waals surface area contributed by atoms with Crippen molar-refractivity contribution < 1.29 is 13.2 Å². The van der Waals surface area contributed by atoms with Crippen LogP contribution in [0, 0.1) is 0 Å². The monoisotopic (exact) mass is 227 g/mol. The number of halogens is 4. The van der Waals surface area contributed by atoms with E-state index in [2.05, 4.69) is 10.4 Å². The maximum atomic E-state index is 12.5. The van der Waals surface area contributed by atoms with Crippen LogP contribution in [0.1, 0.15) is 11.7 Å². The zero-order chi connectivity index (χ0) is 10.9. The van der Waals surface area contributed by atoms with Crippen molar-refractivity contribution in [2.24, 2.45) is 7.05 Å². The van der Waals surface area contributed by atoms with Crippen LogP contribution >= 0.6 is 11.6 Å². The lowest BCUT2D eigenvalue weighted by Crippen LogP contribution is -2.33. The van der Waals surface area contributed by atoms with E-state index in [0.29, 0.717) is 0 Å². The molecular formula is C7H9ClF3N3. The molecule has 1 aromatic rings. The van der Waals surface area contributed by atoms with Crippen molar-refractivity contribution in [3.8, 4) is 0 Å². The maximum absolute atomic E-state index is 12.5. The van der Waals surface area contributed by atoms with Crippen molar-refractivity contribution in [1.82, 2.24) is 15.1 Å². The van der Waals surface area contributed by atoms with E-state index in [4.69, 9.17) is 11.6 Å². The summed E-state index contributed by atoms with van der Waals surface area (Å²) in [5, 5.41) is 5.80. The predicted octanol–water partition coefficient (Wildman–Crippen LogP) is 1.90. The van der Waals surface area contributed by atoms with E-state index in [1.165, 1.54) is 20.3 Å². The van der Waals surface area contributed by atoms with Crippen LogP contribution in [0.15, 0.2) is 6.20 Å². The zero-order valence-corrected chi connectivity index (χ0v) is 8.32. The molecule has 80 valence electrons. The SMILES string of the molecule is CNC(c1c(Cl)cnn1C)C(F)(F)F. The van der Waals surface area contributed by atoms with E-state index in [1.807, 2.05) is 0 Å². The van der Waals surface area contributed by atoms with Crippen molar-refractivity contribution in [1.29, 1.82) is 0 Å². The average Bonchev–Trinajstić information content (AvgIpc) is 2.34. The van der Waals surface area contributed by atoms with Gasteiger partial charge in [-0.1, -0.05) is 11.6 Å². The van der Waals surface area contributed by atoms with Gasteiger partial charge in [0, 0.05) is 7.05 Å². The van der Waals surface area contributed by atoms with Gasteiger partial charge in [-0.25, -0.2) is 0 Å². The van der Waals surface area contributed by atoms with E-state index in [0.717, 1.165) is 4.68 Å². The molecule has 0 saturated heterocycles. The molecular weight excluding hydrogens is 219 g/mol. The highest BCUT2D eigenvalue weighted by Gasteiger charge is 2.42. The van der Waals surface area contributed by atoms with E-state index < -0.39 is 12.2 Å². The third-order valence-corrected chi connectivity index (χ3v) is 2.12. The largest absolute Gasteiger partial charge is 0.409 e. The number of hydrogen-bond acceptors (Lipinski definition) is 2. The molecule has 0 saturated carbocycles. The van der Waals surface area contributed by atoms with Gasteiger partial charge in [0.1, 0.15) is 6.04 Å². The Morgan fingerprint density at radius 2 is 2.14 bits per heavy atom. The fourth-order valence-electron chi connectivity index (χ4n) is 1.20. The maximum Gasteiger partial charge on any atom is 0.409 e. The van der Waals surface area contributed by atoms with Crippen LogP contribution in [-0.4, -0.2) is 23.0 Å². The minimum Gasteiger partial charge on any atom is -0.304 e. The number of aryl methyl sites for hydroxylation is 1. The van der Waals surface area contributed by atoms with Gasteiger partial charge in [-0.2, -0.15) is 18.3 Å². The number of nitrogens with zero attached hydrogens (tertiary/aromatic N) is 2. The molecule has 1 heterocycles. The van der Waals surface area contributed by atoms with Gasteiger partial charge >= 0.3 is 6.18 Å².